The van der Waals surface area contributed by atoms with Gasteiger partial charge in [0.25, 0.3) is 0 Å². The van der Waals surface area contributed by atoms with Gasteiger partial charge in [-0.1, -0.05) is 36.4 Å². The third-order valence-electron chi connectivity index (χ3n) is 3.35. The Hall–Kier alpha value is -2.14. The Kier molecular flexibility index (Phi) is 3.51. The summed E-state index contributed by atoms with van der Waals surface area (Å²) in [6, 6.07) is 14.5. The van der Waals surface area contributed by atoms with E-state index in [1.807, 2.05) is 30.3 Å². The minimum atomic E-state index is -0.334. The van der Waals surface area contributed by atoms with E-state index in [0.29, 0.717) is 21.5 Å². The van der Waals surface area contributed by atoms with Crippen LogP contribution in [0.2, 0.25) is 0 Å². The highest BCUT2D eigenvalue weighted by molar-refractivity contribution is 9.10. The number of nitrogens with two attached hydrogens (primary N) is 1. The molecule has 0 aliphatic heterocycles. The fourth-order valence-corrected chi connectivity index (χ4v) is 2.86. The van der Waals surface area contributed by atoms with Crippen molar-refractivity contribution in [2.45, 2.75) is 0 Å². The summed E-state index contributed by atoms with van der Waals surface area (Å²) in [6.45, 7) is 0. The van der Waals surface area contributed by atoms with Crippen molar-refractivity contribution in [3.05, 3.63) is 58.8 Å². The molecule has 0 unspecified atom stereocenters. The minimum Gasteiger partial charge on any atom is -0.383 e. The SMILES string of the molecule is Cn1nc(-c2c(F)cccc2Br)c(-c2ccccc2)c1N. The van der Waals surface area contributed by atoms with Gasteiger partial charge in [-0.3, -0.25) is 4.68 Å². The van der Waals surface area contributed by atoms with Crippen molar-refractivity contribution in [1.29, 1.82) is 0 Å². The van der Waals surface area contributed by atoms with Crippen LogP contribution in [0.15, 0.2) is 53.0 Å². The second-order valence-corrected chi connectivity index (χ2v) is 5.55. The maximum atomic E-state index is 14.3. The van der Waals surface area contributed by atoms with Crippen LogP contribution in [0, 0.1) is 5.82 Å². The first-order chi connectivity index (χ1) is 10.1. The second kappa shape index (κ2) is 5.33. The van der Waals surface area contributed by atoms with Gasteiger partial charge >= 0.3 is 0 Å². The van der Waals surface area contributed by atoms with Crippen LogP contribution in [0.1, 0.15) is 0 Å². The first-order valence-corrected chi connectivity index (χ1v) is 7.21. The van der Waals surface area contributed by atoms with E-state index < -0.39 is 0 Å². The Bertz CT molecular complexity index is 777. The van der Waals surface area contributed by atoms with Crippen LogP contribution < -0.4 is 5.73 Å². The van der Waals surface area contributed by atoms with Crippen molar-refractivity contribution in [2.24, 2.45) is 7.05 Å². The van der Waals surface area contributed by atoms with E-state index in [1.165, 1.54) is 6.07 Å². The van der Waals surface area contributed by atoms with Crippen LogP contribution >= 0.6 is 15.9 Å². The lowest BCUT2D eigenvalue weighted by molar-refractivity contribution is 0.629. The highest BCUT2D eigenvalue weighted by Crippen LogP contribution is 2.39. The van der Waals surface area contributed by atoms with Crippen molar-refractivity contribution in [1.82, 2.24) is 9.78 Å². The third-order valence-corrected chi connectivity index (χ3v) is 4.01. The molecule has 0 atom stereocenters. The number of halogens is 2. The Morgan fingerprint density at radius 3 is 2.43 bits per heavy atom. The summed E-state index contributed by atoms with van der Waals surface area (Å²) in [5.41, 5.74) is 8.74. The summed E-state index contributed by atoms with van der Waals surface area (Å²) >= 11 is 3.39. The number of aryl methyl sites for hydroxylation is 1. The number of anilines is 1. The van der Waals surface area contributed by atoms with Crippen molar-refractivity contribution >= 4 is 21.7 Å². The molecular formula is C16H13BrFN3. The molecule has 0 spiro atoms. The van der Waals surface area contributed by atoms with Gasteiger partial charge in [0, 0.05) is 11.5 Å². The van der Waals surface area contributed by atoms with Gasteiger partial charge in [-0.05, 0) is 33.6 Å². The largest absolute Gasteiger partial charge is 0.383 e. The number of nitrogen functional groups attached to an aromatic ring is 1. The van der Waals surface area contributed by atoms with Gasteiger partial charge in [0.15, 0.2) is 0 Å². The average Bonchev–Trinajstić information content (AvgIpc) is 2.75. The Morgan fingerprint density at radius 2 is 1.76 bits per heavy atom. The molecule has 1 aromatic heterocycles. The van der Waals surface area contributed by atoms with E-state index in [4.69, 9.17) is 5.73 Å². The maximum absolute atomic E-state index is 14.3. The van der Waals surface area contributed by atoms with E-state index in [-0.39, 0.29) is 5.82 Å². The quantitative estimate of drug-likeness (QED) is 0.754. The molecule has 0 aliphatic carbocycles. The van der Waals surface area contributed by atoms with Crippen LogP contribution in [-0.2, 0) is 7.05 Å². The van der Waals surface area contributed by atoms with Gasteiger partial charge in [0.2, 0.25) is 0 Å². The fourth-order valence-electron chi connectivity index (χ4n) is 2.33. The predicted octanol–water partition coefficient (Wildman–Crippen LogP) is 4.24. The first kappa shape index (κ1) is 13.8. The van der Waals surface area contributed by atoms with E-state index in [1.54, 1.807) is 23.9 Å². The molecule has 3 nitrogen and oxygen atoms in total. The molecule has 3 aromatic rings. The second-order valence-electron chi connectivity index (χ2n) is 4.70. The molecule has 106 valence electrons. The summed E-state index contributed by atoms with van der Waals surface area (Å²) in [5, 5.41) is 4.40. The van der Waals surface area contributed by atoms with Crippen molar-refractivity contribution < 1.29 is 4.39 Å². The molecule has 0 amide bonds. The Balaban J connectivity index is 2.33. The van der Waals surface area contributed by atoms with E-state index in [2.05, 4.69) is 21.0 Å². The lowest BCUT2D eigenvalue weighted by Gasteiger charge is -2.07. The van der Waals surface area contributed by atoms with Gasteiger partial charge in [-0.25, -0.2) is 4.39 Å². The molecule has 0 radical (unpaired) electrons. The zero-order valence-corrected chi connectivity index (χ0v) is 12.9. The van der Waals surface area contributed by atoms with Gasteiger partial charge in [0.1, 0.15) is 17.3 Å². The van der Waals surface area contributed by atoms with Crippen LogP contribution in [-0.4, -0.2) is 9.78 Å². The predicted molar refractivity (Wildman–Crippen MR) is 86.2 cm³/mol. The highest BCUT2D eigenvalue weighted by atomic mass is 79.9. The molecular weight excluding hydrogens is 333 g/mol. The minimum absolute atomic E-state index is 0.334. The molecule has 1 heterocycles. The summed E-state index contributed by atoms with van der Waals surface area (Å²) in [5.74, 6) is 0.172. The number of hydrogen-bond donors (Lipinski definition) is 1. The molecule has 0 saturated heterocycles. The topological polar surface area (TPSA) is 43.8 Å². The van der Waals surface area contributed by atoms with Crippen molar-refractivity contribution in [3.8, 4) is 22.4 Å². The Labute approximate surface area is 130 Å². The first-order valence-electron chi connectivity index (χ1n) is 6.42. The van der Waals surface area contributed by atoms with Crippen molar-refractivity contribution in [3.63, 3.8) is 0 Å². The van der Waals surface area contributed by atoms with Crippen LogP contribution in [0.5, 0.6) is 0 Å². The Morgan fingerprint density at radius 1 is 1.05 bits per heavy atom. The van der Waals surface area contributed by atoms with E-state index in [0.717, 1.165) is 11.1 Å². The van der Waals surface area contributed by atoms with Gasteiger partial charge in [0.05, 0.1) is 11.1 Å². The number of benzene rings is 2. The van der Waals surface area contributed by atoms with Gasteiger partial charge in [-0.15, -0.1) is 0 Å². The zero-order valence-electron chi connectivity index (χ0n) is 11.3. The molecule has 0 bridgehead atoms. The van der Waals surface area contributed by atoms with E-state index >= 15 is 0 Å². The maximum Gasteiger partial charge on any atom is 0.133 e. The summed E-state index contributed by atoms with van der Waals surface area (Å²) in [4.78, 5) is 0. The molecule has 21 heavy (non-hydrogen) atoms. The van der Waals surface area contributed by atoms with Crippen molar-refractivity contribution in [2.75, 3.05) is 5.73 Å². The van der Waals surface area contributed by atoms with Crippen LogP contribution in [0.25, 0.3) is 22.4 Å². The fraction of sp³-hybridized carbons (Fsp3) is 0.0625. The standard InChI is InChI=1S/C16H13BrFN3/c1-21-16(19)13(10-6-3-2-4-7-10)15(20-21)14-11(17)8-5-9-12(14)18/h2-9H,19H2,1H3. The number of aromatic nitrogens is 2. The number of rotatable bonds is 2. The summed E-state index contributed by atoms with van der Waals surface area (Å²) in [7, 11) is 1.75. The van der Waals surface area contributed by atoms with Crippen LogP contribution in [0.3, 0.4) is 0 Å². The number of hydrogen-bond acceptors (Lipinski definition) is 2. The van der Waals surface area contributed by atoms with Crippen LogP contribution in [0.4, 0.5) is 10.2 Å². The smallest absolute Gasteiger partial charge is 0.133 e. The zero-order chi connectivity index (χ0) is 15.0. The average molecular weight is 346 g/mol. The molecule has 5 heteroatoms. The molecule has 0 fully saturated rings. The summed E-state index contributed by atoms with van der Waals surface area (Å²) < 4.78 is 16.5. The summed E-state index contributed by atoms with van der Waals surface area (Å²) in [6.07, 6.45) is 0. The van der Waals surface area contributed by atoms with E-state index in [9.17, 15) is 4.39 Å². The van der Waals surface area contributed by atoms with Gasteiger partial charge < -0.3 is 5.73 Å². The highest BCUT2D eigenvalue weighted by Gasteiger charge is 2.21. The molecule has 2 N–H and O–H groups in total. The molecule has 0 saturated carbocycles. The van der Waals surface area contributed by atoms with Gasteiger partial charge in [-0.2, -0.15) is 5.10 Å². The monoisotopic (exact) mass is 345 g/mol. The molecule has 2 aromatic carbocycles. The molecule has 3 rings (SSSR count). The lowest BCUT2D eigenvalue weighted by Crippen LogP contribution is -1.97. The normalized spacial score (nSPS) is 10.8. The lowest BCUT2D eigenvalue weighted by atomic mass is 10.0. The molecule has 0 aliphatic rings. The third kappa shape index (κ3) is 2.34. The number of nitrogens with zero attached hydrogens (tertiary/aromatic N) is 2.